The zero-order chi connectivity index (χ0) is 21.7. The molecule has 0 bridgehead atoms. The average Bonchev–Trinajstić information content (AvgIpc) is 2.51. The van der Waals surface area contributed by atoms with Gasteiger partial charge in [0.05, 0.1) is 12.0 Å². The highest BCUT2D eigenvalue weighted by Crippen LogP contribution is 2.22. The second-order valence-corrected chi connectivity index (χ2v) is 9.75. The molecule has 28 heavy (non-hydrogen) atoms. The lowest BCUT2D eigenvalue weighted by molar-refractivity contribution is -0.120. The molecule has 9 heteroatoms. The van der Waals surface area contributed by atoms with Gasteiger partial charge in [-0.05, 0) is 63.8 Å². The molecule has 1 aromatic carbocycles. The van der Waals surface area contributed by atoms with Crippen molar-refractivity contribution in [2.75, 3.05) is 7.11 Å². The van der Waals surface area contributed by atoms with Crippen LogP contribution >= 0.6 is 0 Å². The molecule has 0 spiro atoms. The van der Waals surface area contributed by atoms with E-state index in [4.69, 9.17) is 14.6 Å². The molecule has 0 saturated carbocycles. The number of amides is 2. The molecule has 0 aliphatic carbocycles. The summed E-state index contributed by atoms with van der Waals surface area (Å²) in [4.78, 5) is 24.9. The topological polar surface area (TPSA) is 120 Å². The van der Waals surface area contributed by atoms with E-state index in [0.29, 0.717) is 17.7 Å². The van der Waals surface area contributed by atoms with E-state index in [2.05, 4.69) is 9.68 Å². The van der Waals surface area contributed by atoms with Gasteiger partial charge in [-0.25, -0.2) is 14.1 Å². The van der Waals surface area contributed by atoms with Crippen LogP contribution in [-0.2, 0) is 19.4 Å². The fraction of sp³-hybridized carbons (Fsp3) is 0.579. The molecule has 158 valence electrons. The Morgan fingerprint density at radius 1 is 1.29 bits per heavy atom. The Morgan fingerprint density at radius 3 is 2.36 bits per heavy atom. The summed E-state index contributed by atoms with van der Waals surface area (Å²) < 4.78 is 27.0. The SMILES string of the molecule is COc1ccc(S(N)(=O)=NC(=O)[C@H](CC(C)C)NC(=O)OC(C)(C)C)cc1C. The maximum Gasteiger partial charge on any atom is 0.408 e. The molecule has 8 nitrogen and oxygen atoms in total. The first-order valence-electron chi connectivity index (χ1n) is 8.98. The van der Waals surface area contributed by atoms with Gasteiger partial charge in [-0.1, -0.05) is 13.8 Å². The van der Waals surface area contributed by atoms with Crippen LogP contribution in [0.3, 0.4) is 0 Å². The van der Waals surface area contributed by atoms with Gasteiger partial charge in [0, 0.05) is 0 Å². The maximum atomic E-state index is 12.9. The van der Waals surface area contributed by atoms with E-state index in [0.717, 1.165) is 0 Å². The molecular formula is C19H31N3O5S. The van der Waals surface area contributed by atoms with Gasteiger partial charge >= 0.3 is 6.09 Å². The average molecular weight is 414 g/mol. The summed E-state index contributed by atoms with van der Waals surface area (Å²) in [5, 5.41) is 8.36. The van der Waals surface area contributed by atoms with E-state index in [1.165, 1.54) is 13.2 Å². The van der Waals surface area contributed by atoms with Gasteiger partial charge in [0.15, 0.2) is 0 Å². The molecule has 1 unspecified atom stereocenters. The Hall–Kier alpha value is -2.13. The molecule has 0 fully saturated rings. The number of nitrogens with two attached hydrogens (primary N) is 1. The van der Waals surface area contributed by atoms with Crippen LogP contribution in [0.1, 0.15) is 46.6 Å². The van der Waals surface area contributed by atoms with Crippen LogP contribution in [0.4, 0.5) is 4.79 Å². The second kappa shape index (κ2) is 9.38. The lowest BCUT2D eigenvalue weighted by atomic mass is 10.0. The lowest BCUT2D eigenvalue weighted by Gasteiger charge is -2.23. The maximum absolute atomic E-state index is 12.9. The highest BCUT2D eigenvalue weighted by atomic mass is 32.2. The van der Waals surface area contributed by atoms with Crippen LogP contribution in [0.2, 0.25) is 0 Å². The molecule has 0 heterocycles. The predicted molar refractivity (Wildman–Crippen MR) is 108 cm³/mol. The van der Waals surface area contributed by atoms with Gasteiger partial charge in [0.2, 0.25) is 0 Å². The molecule has 0 aromatic heterocycles. The van der Waals surface area contributed by atoms with Crippen molar-refractivity contribution in [3.63, 3.8) is 0 Å². The van der Waals surface area contributed by atoms with Crippen molar-refractivity contribution in [2.24, 2.45) is 15.4 Å². The quantitative estimate of drug-likeness (QED) is 0.742. The standard InChI is InChI=1S/C19H31N3O5S/c1-12(2)10-15(21-18(24)27-19(4,5)6)17(23)22-28(20,25)14-8-9-16(26-7)13(3)11-14/h8-9,11-12,15H,10H2,1-7H3,(H,21,24)(H2,20,22,23,25)/t15-,28?/m0/s1. The number of carbonyl (C=O) groups excluding carboxylic acids is 2. The second-order valence-electron chi connectivity index (χ2n) is 7.96. The van der Waals surface area contributed by atoms with Gasteiger partial charge in [-0.15, -0.1) is 4.36 Å². The van der Waals surface area contributed by atoms with Crippen LogP contribution in [0.25, 0.3) is 0 Å². The van der Waals surface area contributed by atoms with Crippen molar-refractivity contribution >= 4 is 21.9 Å². The fourth-order valence-corrected chi connectivity index (χ4v) is 3.53. The number of hydrogen-bond donors (Lipinski definition) is 2. The van der Waals surface area contributed by atoms with E-state index in [9.17, 15) is 13.8 Å². The molecule has 0 saturated heterocycles. The number of aryl methyl sites for hydroxylation is 1. The summed E-state index contributed by atoms with van der Waals surface area (Å²) >= 11 is 0. The van der Waals surface area contributed by atoms with Crippen molar-refractivity contribution in [3.05, 3.63) is 23.8 Å². The Balaban J connectivity index is 3.14. The largest absolute Gasteiger partial charge is 0.496 e. The summed E-state index contributed by atoms with van der Waals surface area (Å²) in [5.74, 6) is -0.0776. The molecule has 1 aromatic rings. The highest BCUT2D eigenvalue weighted by molar-refractivity contribution is 7.91. The number of benzene rings is 1. The monoisotopic (exact) mass is 413 g/mol. The first-order chi connectivity index (χ1) is 12.7. The summed E-state index contributed by atoms with van der Waals surface area (Å²) in [6, 6.07) is 3.70. The smallest absolute Gasteiger partial charge is 0.408 e. The third-order valence-electron chi connectivity index (χ3n) is 3.63. The summed E-state index contributed by atoms with van der Waals surface area (Å²) in [5.41, 5.74) is 0.000686. The number of rotatable bonds is 6. The molecule has 0 aliphatic heterocycles. The van der Waals surface area contributed by atoms with Crippen molar-refractivity contribution in [1.29, 1.82) is 0 Å². The van der Waals surface area contributed by atoms with Crippen molar-refractivity contribution in [3.8, 4) is 5.75 Å². The van der Waals surface area contributed by atoms with Crippen molar-refractivity contribution in [2.45, 2.75) is 64.5 Å². The molecule has 2 amide bonds. The van der Waals surface area contributed by atoms with Gasteiger partial charge in [-0.3, -0.25) is 4.79 Å². The molecule has 1 rings (SSSR count). The third-order valence-corrected chi connectivity index (χ3v) is 5.01. The van der Waals surface area contributed by atoms with E-state index in [-0.39, 0.29) is 10.8 Å². The van der Waals surface area contributed by atoms with E-state index in [1.54, 1.807) is 39.8 Å². The zero-order valence-corrected chi connectivity index (χ0v) is 18.4. The fourth-order valence-electron chi connectivity index (χ4n) is 2.43. The first-order valence-corrected chi connectivity index (χ1v) is 10.6. The van der Waals surface area contributed by atoms with Gasteiger partial charge in [0.25, 0.3) is 5.91 Å². The van der Waals surface area contributed by atoms with Crippen LogP contribution < -0.4 is 15.2 Å². The third kappa shape index (κ3) is 7.47. The van der Waals surface area contributed by atoms with E-state index < -0.39 is 33.6 Å². The summed E-state index contributed by atoms with van der Waals surface area (Å²) in [6.45, 7) is 10.7. The lowest BCUT2D eigenvalue weighted by Crippen LogP contribution is -2.44. The number of hydrogen-bond acceptors (Lipinski definition) is 5. The number of carbonyl (C=O) groups is 2. The van der Waals surface area contributed by atoms with Crippen LogP contribution in [0.5, 0.6) is 5.75 Å². The van der Waals surface area contributed by atoms with Gasteiger partial charge < -0.3 is 14.8 Å². The number of nitrogens with zero attached hydrogens (tertiary/aromatic N) is 1. The zero-order valence-electron chi connectivity index (χ0n) is 17.6. The first kappa shape index (κ1) is 23.9. The molecule has 0 aliphatic rings. The number of ether oxygens (including phenoxy) is 2. The van der Waals surface area contributed by atoms with Gasteiger partial charge in [0.1, 0.15) is 27.3 Å². The number of alkyl carbamates (subject to hydrolysis) is 1. The summed E-state index contributed by atoms with van der Waals surface area (Å²) in [7, 11) is -1.96. The highest BCUT2D eigenvalue weighted by Gasteiger charge is 2.26. The van der Waals surface area contributed by atoms with Crippen molar-refractivity contribution < 1.29 is 23.3 Å². The summed E-state index contributed by atoms with van der Waals surface area (Å²) in [6.07, 6.45) is -0.441. The number of nitrogens with one attached hydrogen (secondary N) is 1. The molecule has 0 radical (unpaired) electrons. The minimum absolute atomic E-state index is 0.0798. The van der Waals surface area contributed by atoms with Crippen molar-refractivity contribution in [1.82, 2.24) is 5.32 Å². The number of methoxy groups -OCH3 is 1. The van der Waals surface area contributed by atoms with Gasteiger partial charge in [-0.2, -0.15) is 0 Å². The Labute approximate surface area is 167 Å². The molecule has 2 atom stereocenters. The van der Waals surface area contributed by atoms with E-state index >= 15 is 0 Å². The van der Waals surface area contributed by atoms with E-state index in [1.807, 2.05) is 13.8 Å². The van der Waals surface area contributed by atoms with Crippen LogP contribution in [-0.4, -0.2) is 35.0 Å². The van der Waals surface area contributed by atoms with Crippen LogP contribution in [0.15, 0.2) is 27.5 Å². The normalized spacial score (nSPS) is 14.8. The predicted octanol–water partition coefficient (Wildman–Crippen LogP) is 3.17. The Kier molecular flexibility index (Phi) is 8.01. The molecule has 3 N–H and O–H groups in total. The minimum Gasteiger partial charge on any atom is -0.496 e. The minimum atomic E-state index is -3.48. The molecular weight excluding hydrogens is 382 g/mol. The Bertz CT molecular complexity index is 836. The van der Waals surface area contributed by atoms with Crippen LogP contribution in [0, 0.1) is 12.8 Å². The Morgan fingerprint density at radius 2 is 1.89 bits per heavy atom.